The number of nitrogens with one attached hydrogen (secondary N) is 1. The summed E-state index contributed by atoms with van der Waals surface area (Å²) < 4.78 is 15.3. The molecule has 5 nitrogen and oxygen atoms in total. The lowest BCUT2D eigenvalue weighted by Gasteiger charge is -2.07. The van der Waals surface area contributed by atoms with Crippen molar-refractivity contribution < 1.29 is 4.39 Å². The molecule has 19 heavy (non-hydrogen) atoms. The van der Waals surface area contributed by atoms with Crippen molar-refractivity contribution in [3.63, 3.8) is 0 Å². The Morgan fingerprint density at radius 1 is 1.37 bits per heavy atom. The first kappa shape index (κ1) is 12.7. The van der Waals surface area contributed by atoms with Gasteiger partial charge >= 0.3 is 0 Å². The number of hydrogen-bond acceptors (Lipinski definition) is 4. The lowest BCUT2D eigenvalue weighted by Crippen LogP contribution is -2.06. The highest BCUT2D eigenvalue weighted by molar-refractivity contribution is 5.45. The maximum Gasteiger partial charge on any atom is 0.177 e. The van der Waals surface area contributed by atoms with Gasteiger partial charge in [0.25, 0.3) is 0 Å². The molecule has 0 aliphatic carbocycles. The Bertz CT molecular complexity index is 690. The van der Waals surface area contributed by atoms with E-state index in [4.69, 9.17) is 10.5 Å². The molecule has 0 radical (unpaired) electrons. The molecule has 6 heteroatoms. The molecule has 2 rings (SSSR count). The van der Waals surface area contributed by atoms with Gasteiger partial charge in [0, 0.05) is 6.54 Å². The molecule has 0 fully saturated rings. The minimum Gasteiger partial charge on any atom is -0.316 e. The molecule has 0 spiro atoms. The van der Waals surface area contributed by atoms with Crippen LogP contribution >= 0.6 is 0 Å². The van der Waals surface area contributed by atoms with Crippen LogP contribution in [0.15, 0.2) is 24.5 Å². The van der Waals surface area contributed by atoms with E-state index in [1.165, 1.54) is 17.0 Å². The Morgan fingerprint density at radius 2 is 2.16 bits per heavy atom. The van der Waals surface area contributed by atoms with Crippen LogP contribution in [0.4, 0.5) is 4.39 Å². The van der Waals surface area contributed by atoms with E-state index in [2.05, 4.69) is 10.3 Å². The van der Waals surface area contributed by atoms with Gasteiger partial charge in [0.2, 0.25) is 0 Å². The molecule has 1 heterocycles. The molecule has 1 aromatic heterocycles. The van der Waals surface area contributed by atoms with Gasteiger partial charge in [0.15, 0.2) is 11.4 Å². The van der Waals surface area contributed by atoms with Gasteiger partial charge in [-0.25, -0.2) is 9.37 Å². The number of nitrogens with zero attached hydrogens (tertiary/aromatic N) is 4. The molecule has 94 valence electrons. The number of imidazole rings is 1. The van der Waals surface area contributed by atoms with Crippen LogP contribution in [0.2, 0.25) is 0 Å². The second-order valence-electron chi connectivity index (χ2n) is 3.85. The molecule has 0 saturated heterocycles. The van der Waals surface area contributed by atoms with Gasteiger partial charge in [-0.1, -0.05) is 6.07 Å². The van der Waals surface area contributed by atoms with Crippen LogP contribution in [0.3, 0.4) is 0 Å². The maximum atomic E-state index is 14.0. The minimum absolute atomic E-state index is 0.0128. The third-order valence-electron chi connectivity index (χ3n) is 2.63. The van der Waals surface area contributed by atoms with Crippen LogP contribution in [-0.2, 0) is 6.54 Å². The number of halogens is 1. The third kappa shape index (κ3) is 2.30. The van der Waals surface area contributed by atoms with E-state index in [0.29, 0.717) is 6.54 Å². The molecule has 0 atom stereocenters. The van der Waals surface area contributed by atoms with E-state index in [1.807, 2.05) is 6.07 Å². The molecule has 0 unspecified atom stereocenters. The van der Waals surface area contributed by atoms with E-state index in [1.54, 1.807) is 25.2 Å². The Morgan fingerprint density at radius 3 is 2.74 bits per heavy atom. The van der Waals surface area contributed by atoms with Crippen molar-refractivity contribution in [2.75, 3.05) is 7.05 Å². The van der Waals surface area contributed by atoms with Crippen molar-refractivity contribution in [1.82, 2.24) is 14.9 Å². The number of benzene rings is 1. The zero-order valence-corrected chi connectivity index (χ0v) is 10.2. The maximum absolute atomic E-state index is 14.0. The van der Waals surface area contributed by atoms with Crippen LogP contribution in [0.5, 0.6) is 0 Å². The molecule has 2 aromatic rings. The Balaban J connectivity index is 2.52. The summed E-state index contributed by atoms with van der Waals surface area (Å²) in [5.74, 6) is -0.467. The van der Waals surface area contributed by atoms with Crippen molar-refractivity contribution in [3.05, 3.63) is 47.3 Å². The quantitative estimate of drug-likeness (QED) is 0.901. The summed E-state index contributed by atoms with van der Waals surface area (Å²) >= 11 is 0. The number of nitriles is 2. The van der Waals surface area contributed by atoms with Crippen molar-refractivity contribution in [2.45, 2.75) is 6.54 Å². The topological polar surface area (TPSA) is 77.4 Å². The predicted octanol–water partition coefficient (Wildman–Crippen LogP) is 1.47. The predicted molar refractivity (Wildman–Crippen MR) is 65.7 cm³/mol. The van der Waals surface area contributed by atoms with Gasteiger partial charge in [0.1, 0.15) is 24.3 Å². The lowest BCUT2D eigenvalue weighted by molar-refractivity contribution is 0.613. The molecule has 0 aliphatic heterocycles. The largest absolute Gasteiger partial charge is 0.316 e. The highest BCUT2D eigenvalue weighted by Gasteiger charge is 2.14. The zero-order chi connectivity index (χ0) is 13.8. The average molecular weight is 255 g/mol. The van der Waals surface area contributed by atoms with Crippen molar-refractivity contribution >= 4 is 0 Å². The highest BCUT2D eigenvalue weighted by Crippen LogP contribution is 2.18. The summed E-state index contributed by atoms with van der Waals surface area (Å²) in [5.41, 5.74) is 1.01. The van der Waals surface area contributed by atoms with Crippen molar-refractivity contribution in [1.29, 1.82) is 10.5 Å². The van der Waals surface area contributed by atoms with Gasteiger partial charge in [-0.05, 0) is 24.7 Å². The van der Waals surface area contributed by atoms with E-state index in [9.17, 15) is 4.39 Å². The highest BCUT2D eigenvalue weighted by atomic mass is 19.1. The monoisotopic (exact) mass is 255 g/mol. The molecule has 0 aliphatic rings. The first-order valence-corrected chi connectivity index (χ1v) is 5.52. The Hall–Kier alpha value is -2.70. The van der Waals surface area contributed by atoms with E-state index < -0.39 is 5.82 Å². The number of rotatable bonds is 3. The summed E-state index contributed by atoms with van der Waals surface area (Å²) in [5, 5.41) is 20.8. The molecule has 0 amide bonds. The van der Waals surface area contributed by atoms with Gasteiger partial charge in [-0.3, -0.25) is 4.57 Å². The second-order valence-corrected chi connectivity index (χ2v) is 3.85. The van der Waals surface area contributed by atoms with E-state index in [0.717, 1.165) is 5.56 Å². The van der Waals surface area contributed by atoms with Crippen LogP contribution in [0, 0.1) is 28.5 Å². The first-order valence-electron chi connectivity index (χ1n) is 5.52. The normalized spacial score (nSPS) is 9.89. The summed E-state index contributed by atoms with van der Waals surface area (Å²) in [4.78, 5) is 3.78. The summed E-state index contributed by atoms with van der Waals surface area (Å²) in [6.45, 7) is 0.551. The van der Waals surface area contributed by atoms with Crippen LogP contribution in [0.25, 0.3) is 5.69 Å². The molecule has 0 saturated carbocycles. The van der Waals surface area contributed by atoms with E-state index in [-0.39, 0.29) is 17.1 Å². The summed E-state index contributed by atoms with van der Waals surface area (Å²) in [6.07, 6.45) is 1.27. The fourth-order valence-electron chi connectivity index (χ4n) is 1.78. The third-order valence-corrected chi connectivity index (χ3v) is 2.63. The minimum atomic E-state index is -0.467. The summed E-state index contributed by atoms with van der Waals surface area (Å²) in [6, 6.07) is 8.36. The standard InChI is InChI=1S/C13H10FN5/c1-17-7-9-2-3-12(10(14)4-9)19-8-18-11(5-15)13(19)6-16/h2-4,8,17H,7H2,1H3. The average Bonchev–Trinajstić information content (AvgIpc) is 2.82. The molecule has 1 aromatic carbocycles. The summed E-state index contributed by atoms with van der Waals surface area (Å²) in [7, 11) is 1.77. The first-order chi connectivity index (χ1) is 9.21. The second kappa shape index (κ2) is 5.30. The number of hydrogen-bond donors (Lipinski definition) is 1. The van der Waals surface area contributed by atoms with Gasteiger partial charge in [0.05, 0.1) is 5.69 Å². The Labute approximate surface area is 109 Å². The molecular weight excluding hydrogens is 245 g/mol. The zero-order valence-electron chi connectivity index (χ0n) is 10.2. The van der Waals surface area contributed by atoms with Gasteiger partial charge in [-0.2, -0.15) is 10.5 Å². The Kier molecular flexibility index (Phi) is 3.56. The van der Waals surface area contributed by atoms with Crippen molar-refractivity contribution in [3.8, 4) is 17.8 Å². The van der Waals surface area contributed by atoms with Gasteiger partial charge < -0.3 is 5.32 Å². The SMILES string of the molecule is CNCc1ccc(-n2cnc(C#N)c2C#N)c(F)c1. The molecular formula is C13H10FN5. The van der Waals surface area contributed by atoms with E-state index >= 15 is 0 Å². The smallest absolute Gasteiger partial charge is 0.177 e. The molecule has 1 N–H and O–H groups in total. The molecule has 0 bridgehead atoms. The lowest BCUT2D eigenvalue weighted by atomic mass is 10.2. The fraction of sp³-hybridized carbons (Fsp3) is 0.154. The van der Waals surface area contributed by atoms with Crippen LogP contribution in [0.1, 0.15) is 17.0 Å². The van der Waals surface area contributed by atoms with Crippen LogP contribution in [-0.4, -0.2) is 16.6 Å². The van der Waals surface area contributed by atoms with Crippen molar-refractivity contribution in [2.24, 2.45) is 0 Å². The van der Waals surface area contributed by atoms with Crippen LogP contribution < -0.4 is 5.32 Å². The number of aromatic nitrogens is 2. The fourth-order valence-corrected chi connectivity index (χ4v) is 1.78. The van der Waals surface area contributed by atoms with Gasteiger partial charge in [-0.15, -0.1) is 0 Å².